The first kappa shape index (κ1) is 11.1. The van der Waals surface area contributed by atoms with Gasteiger partial charge in [0.2, 0.25) is 0 Å². The predicted molar refractivity (Wildman–Crippen MR) is 66.5 cm³/mol. The molecule has 3 heteroatoms. The van der Waals surface area contributed by atoms with Crippen molar-refractivity contribution in [3.8, 4) is 0 Å². The summed E-state index contributed by atoms with van der Waals surface area (Å²) >= 11 is 0. The van der Waals surface area contributed by atoms with Crippen molar-refractivity contribution in [2.24, 2.45) is 0 Å². The van der Waals surface area contributed by atoms with Crippen LogP contribution in [-0.4, -0.2) is 0 Å². The molecule has 0 aliphatic carbocycles. The fourth-order valence-electron chi connectivity index (χ4n) is 2.89. The summed E-state index contributed by atoms with van der Waals surface area (Å²) in [6.07, 6.45) is 3.46. The molecule has 17 heavy (non-hydrogen) atoms. The van der Waals surface area contributed by atoms with Gasteiger partial charge in [-0.15, -0.1) is 0 Å². The summed E-state index contributed by atoms with van der Waals surface area (Å²) in [6.45, 7) is 5.06. The maximum absolute atomic E-state index is 6.31. The maximum Gasteiger partial charge on any atom is 0.0745 e. The molecule has 1 aromatic rings. The molecule has 0 bridgehead atoms. The summed E-state index contributed by atoms with van der Waals surface area (Å²) in [5.74, 6) is 0. The largest absolute Gasteiger partial charge is 0.398 e. The smallest absolute Gasteiger partial charge is 0.0745 e. The van der Waals surface area contributed by atoms with Crippen molar-refractivity contribution in [1.82, 2.24) is 0 Å². The molecule has 0 saturated carbocycles. The maximum atomic E-state index is 6.31. The Morgan fingerprint density at radius 3 is 2.24 bits per heavy atom. The Bertz CT molecular complexity index is 454. The highest BCUT2D eigenvalue weighted by Crippen LogP contribution is 2.39. The molecule has 2 aliphatic rings. The minimum atomic E-state index is 0.674. The molecular weight excluding hydrogens is 214 g/mol. The van der Waals surface area contributed by atoms with Crippen molar-refractivity contribution in [2.75, 3.05) is 5.73 Å². The van der Waals surface area contributed by atoms with Crippen molar-refractivity contribution in [3.05, 3.63) is 27.8 Å². The molecule has 0 unspecified atom stereocenters. The van der Waals surface area contributed by atoms with Crippen molar-refractivity contribution in [1.29, 1.82) is 0 Å². The van der Waals surface area contributed by atoms with Gasteiger partial charge in [0.25, 0.3) is 0 Å². The van der Waals surface area contributed by atoms with E-state index in [4.69, 9.17) is 15.2 Å². The lowest BCUT2D eigenvalue weighted by molar-refractivity contribution is 0.126. The van der Waals surface area contributed by atoms with Gasteiger partial charge >= 0.3 is 0 Å². The molecule has 0 amide bonds. The Hall–Kier alpha value is -1.06. The van der Waals surface area contributed by atoms with Crippen LogP contribution in [-0.2, 0) is 42.3 Å². The third kappa shape index (κ3) is 1.65. The summed E-state index contributed by atoms with van der Waals surface area (Å²) in [5, 5.41) is 0. The number of ether oxygens (including phenoxy) is 2. The minimum Gasteiger partial charge on any atom is -0.398 e. The summed E-state index contributed by atoms with van der Waals surface area (Å²) in [4.78, 5) is 0. The van der Waals surface area contributed by atoms with Crippen molar-refractivity contribution in [3.63, 3.8) is 0 Å². The lowest BCUT2D eigenvalue weighted by Gasteiger charge is -2.15. The zero-order chi connectivity index (χ0) is 11.8. The van der Waals surface area contributed by atoms with Gasteiger partial charge in [0.05, 0.1) is 26.4 Å². The highest BCUT2D eigenvalue weighted by molar-refractivity contribution is 5.64. The standard InChI is InChI=1S/C14H19NO2/c1-2-3-4-9-10-5-16-6-11(10)12-7-17-8-13(12)14(9)15/h2-8,15H2,1H3. The van der Waals surface area contributed by atoms with Crippen LogP contribution in [0.15, 0.2) is 0 Å². The summed E-state index contributed by atoms with van der Waals surface area (Å²) in [5.41, 5.74) is 13.8. The number of fused-ring (bicyclic) bond motifs is 3. The first-order chi connectivity index (χ1) is 8.33. The van der Waals surface area contributed by atoms with E-state index in [0.717, 1.165) is 25.3 Å². The Labute approximate surface area is 102 Å². The number of hydrogen-bond acceptors (Lipinski definition) is 3. The Kier molecular flexibility index (Phi) is 2.81. The van der Waals surface area contributed by atoms with Crippen molar-refractivity contribution < 1.29 is 9.47 Å². The lowest BCUT2D eigenvalue weighted by atomic mass is 9.90. The van der Waals surface area contributed by atoms with E-state index in [2.05, 4.69) is 6.92 Å². The summed E-state index contributed by atoms with van der Waals surface area (Å²) < 4.78 is 11.1. The van der Waals surface area contributed by atoms with E-state index in [1.54, 1.807) is 0 Å². The normalized spacial score (nSPS) is 17.2. The first-order valence-electron chi connectivity index (χ1n) is 6.42. The van der Waals surface area contributed by atoms with Gasteiger partial charge in [0, 0.05) is 11.3 Å². The van der Waals surface area contributed by atoms with Gasteiger partial charge in [-0.1, -0.05) is 13.3 Å². The number of anilines is 1. The quantitative estimate of drug-likeness (QED) is 0.816. The molecule has 92 valence electrons. The van der Waals surface area contributed by atoms with Crippen LogP contribution in [0, 0.1) is 0 Å². The molecule has 2 heterocycles. The molecule has 2 aliphatic heterocycles. The summed E-state index contributed by atoms with van der Waals surface area (Å²) in [7, 11) is 0. The first-order valence-corrected chi connectivity index (χ1v) is 6.42. The van der Waals surface area contributed by atoms with Gasteiger partial charge in [0.15, 0.2) is 0 Å². The molecule has 2 N–H and O–H groups in total. The fourth-order valence-corrected chi connectivity index (χ4v) is 2.89. The van der Waals surface area contributed by atoms with E-state index in [9.17, 15) is 0 Å². The molecule has 0 aromatic heterocycles. The van der Waals surface area contributed by atoms with E-state index >= 15 is 0 Å². The van der Waals surface area contributed by atoms with Crippen LogP contribution in [0.1, 0.15) is 47.6 Å². The van der Waals surface area contributed by atoms with E-state index < -0.39 is 0 Å². The Morgan fingerprint density at radius 2 is 1.53 bits per heavy atom. The van der Waals surface area contributed by atoms with E-state index in [1.165, 1.54) is 40.7 Å². The highest BCUT2D eigenvalue weighted by Gasteiger charge is 2.28. The van der Waals surface area contributed by atoms with Crippen LogP contribution in [0.2, 0.25) is 0 Å². The molecule has 0 fully saturated rings. The number of unbranched alkanes of at least 4 members (excludes halogenated alkanes) is 1. The average Bonchev–Trinajstić information content (AvgIpc) is 2.96. The Balaban J connectivity index is 2.11. The zero-order valence-electron chi connectivity index (χ0n) is 10.3. The lowest BCUT2D eigenvalue weighted by Crippen LogP contribution is -2.06. The van der Waals surface area contributed by atoms with Gasteiger partial charge in [-0.3, -0.25) is 0 Å². The van der Waals surface area contributed by atoms with E-state index in [0.29, 0.717) is 13.2 Å². The second-order valence-electron chi connectivity index (χ2n) is 4.90. The third-order valence-corrected chi connectivity index (χ3v) is 3.87. The molecule has 0 saturated heterocycles. The molecule has 0 spiro atoms. The van der Waals surface area contributed by atoms with Gasteiger partial charge in [-0.05, 0) is 35.1 Å². The van der Waals surface area contributed by atoms with Crippen LogP contribution >= 0.6 is 0 Å². The van der Waals surface area contributed by atoms with Crippen molar-refractivity contribution >= 4 is 5.69 Å². The van der Waals surface area contributed by atoms with E-state index in [1.807, 2.05) is 0 Å². The monoisotopic (exact) mass is 233 g/mol. The highest BCUT2D eigenvalue weighted by atomic mass is 16.5. The van der Waals surface area contributed by atoms with Crippen LogP contribution in [0.25, 0.3) is 0 Å². The number of hydrogen-bond donors (Lipinski definition) is 1. The summed E-state index contributed by atoms with van der Waals surface area (Å²) in [6, 6.07) is 0. The topological polar surface area (TPSA) is 44.5 Å². The van der Waals surface area contributed by atoms with Crippen LogP contribution < -0.4 is 5.73 Å². The van der Waals surface area contributed by atoms with Crippen LogP contribution in [0.5, 0.6) is 0 Å². The van der Waals surface area contributed by atoms with Gasteiger partial charge in [0.1, 0.15) is 0 Å². The van der Waals surface area contributed by atoms with Crippen molar-refractivity contribution in [2.45, 2.75) is 52.6 Å². The average molecular weight is 233 g/mol. The number of nitrogens with two attached hydrogens (primary N) is 1. The minimum absolute atomic E-state index is 0.674. The van der Waals surface area contributed by atoms with Gasteiger partial charge < -0.3 is 15.2 Å². The zero-order valence-corrected chi connectivity index (χ0v) is 10.3. The second kappa shape index (κ2) is 4.31. The molecule has 0 atom stereocenters. The Morgan fingerprint density at radius 1 is 0.941 bits per heavy atom. The number of benzene rings is 1. The molecule has 3 nitrogen and oxygen atoms in total. The predicted octanol–water partition coefficient (Wildman–Crippen LogP) is 2.67. The van der Waals surface area contributed by atoms with Gasteiger partial charge in [-0.25, -0.2) is 0 Å². The van der Waals surface area contributed by atoms with E-state index in [-0.39, 0.29) is 0 Å². The van der Waals surface area contributed by atoms with Gasteiger partial charge in [-0.2, -0.15) is 0 Å². The number of rotatable bonds is 3. The molecule has 1 aromatic carbocycles. The van der Waals surface area contributed by atoms with Crippen LogP contribution in [0.3, 0.4) is 0 Å². The van der Waals surface area contributed by atoms with Crippen LogP contribution in [0.4, 0.5) is 5.69 Å². The fraction of sp³-hybridized carbons (Fsp3) is 0.571. The molecule has 0 radical (unpaired) electrons. The number of nitrogen functional groups attached to an aromatic ring is 1. The third-order valence-electron chi connectivity index (χ3n) is 3.87. The second-order valence-corrected chi connectivity index (χ2v) is 4.90. The SMILES string of the molecule is CCCCc1c(N)c2c(c3c1COC3)COC2. The molecular formula is C14H19NO2. The molecule has 3 rings (SSSR count).